The number of benzene rings is 2. The van der Waals surface area contributed by atoms with Crippen molar-refractivity contribution >= 4 is 33.2 Å². The Labute approximate surface area is 164 Å². The zero-order valence-electron chi connectivity index (χ0n) is 14.7. The van der Waals surface area contributed by atoms with Crippen LogP contribution in [0, 0.1) is 5.92 Å². The first kappa shape index (κ1) is 19.5. The van der Waals surface area contributed by atoms with Gasteiger partial charge in [0.05, 0.1) is 11.1 Å². The van der Waals surface area contributed by atoms with E-state index in [1.807, 2.05) is 12.1 Å². The molecule has 0 saturated heterocycles. The molecule has 26 heavy (non-hydrogen) atoms. The van der Waals surface area contributed by atoms with Gasteiger partial charge in [-0.25, -0.2) is 8.42 Å². The van der Waals surface area contributed by atoms with Crippen LogP contribution in [0.4, 0.5) is 0 Å². The Bertz CT molecular complexity index is 899. The minimum absolute atomic E-state index is 0.110. The van der Waals surface area contributed by atoms with Crippen molar-refractivity contribution in [3.63, 3.8) is 0 Å². The van der Waals surface area contributed by atoms with E-state index in [4.69, 9.17) is 27.9 Å². The molecule has 0 saturated carbocycles. The van der Waals surface area contributed by atoms with E-state index in [0.29, 0.717) is 22.4 Å². The van der Waals surface area contributed by atoms with Gasteiger partial charge in [-0.3, -0.25) is 0 Å². The number of hydrogen-bond acceptors (Lipinski definition) is 3. The van der Waals surface area contributed by atoms with Crippen LogP contribution in [0.3, 0.4) is 0 Å². The van der Waals surface area contributed by atoms with Crippen molar-refractivity contribution in [3.05, 3.63) is 58.1 Å². The summed E-state index contributed by atoms with van der Waals surface area (Å²) in [6.45, 7) is 4.62. The number of ether oxygens (including phenoxy) is 1. The van der Waals surface area contributed by atoms with E-state index in [1.54, 1.807) is 30.3 Å². The van der Waals surface area contributed by atoms with Crippen molar-refractivity contribution in [2.24, 2.45) is 5.92 Å². The molecular weight excluding hydrogens is 393 g/mol. The number of rotatable bonds is 4. The van der Waals surface area contributed by atoms with Crippen molar-refractivity contribution in [1.29, 1.82) is 0 Å². The van der Waals surface area contributed by atoms with Gasteiger partial charge >= 0.3 is 0 Å². The normalized spacial score (nSPS) is 19.7. The van der Waals surface area contributed by atoms with Gasteiger partial charge in [0.25, 0.3) is 0 Å². The smallest absolute Gasteiger partial charge is 0.247 e. The molecule has 0 aliphatic carbocycles. The number of nitrogens with zero attached hydrogens (tertiary/aromatic N) is 1. The Kier molecular flexibility index (Phi) is 5.82. The van der Waals surface area contributed by atoms with Crippen LogP contribution in [-0.4, -0.2) is 25.4 Å². The summed E-state index contributed by atoms with van der Waals surface area (Å²) in [5.41, 5.74) is 0.834. The van der Waals surface area contributed by atoms with Gasteiger partial charge in [-0.05, 0) is 42.2 Å². The highest BCUT2D eigenvalue weighted by Gasteiger charge is 2.38. The lowest BCUT2D eigenvalue weighted by Crippen LogP contribution is -2.42. The predicted octanol–water partition coefficient (Wildman–Crippen LogP) is 4.99. The standard InChI is InChI=1S/C19H21Cl2NO3S/c1-13(2)9-16-12-25-19-17(21)7-4-8-18(19)26(23,24)22(16)11-14-5-3-6-15(20)10-14/h3-8,10,13,16H,9,11-12H2,1-2H3. The molecule has 1 unspecified atom stereocenters. The van der Waals surface area contributed by atoms with Gasteiger partial charge in [0.2, 0.25) is 10.0 Å². The predicted molar refractivity (Wildman–Crippen MR) is 104 cm³/mol. The summed E-state index contributed by atoms with van der Waals surface area (Å²) in [6, 6.07) is 11.8. The van der Waals surface area contributed by atoms with Gasteiger partial charge in [0, 0.05) is 11.6 Å². The topological polar surface area (TPSA) is 46.6 Å². The maximum absolute atomic E-state index is 13.4. The molecule has 2 aromatic carbocycles. The number of para-hydroxylation sites is 1. The molecule has 0 N–H and O–H groups in total. The summed E-state index contributed by atoms with van der Waals surface area (Å²) >= 11 is 12.3. The van der Waals surface area contributed by atoms with Gasteiger partial charge in [-0.15, -0.1) is 0 Å². The molecule has 0 aromatic heterocycles. The largest absolute Gasteiger partial charge is 0.489 e. The second-order valence-corrected chi connectivity index (χ2v) is 9.54. The molecule has 1 aliphatic heterocycles. The van der Waals surface area contributed by atoms with Crippen molar-refractivity contribution in [1.82, 2.24) is 4.31 Å². The van der Waals surface area contributed by atoms with Crippen LogP contribution in [0.5, 0.6) is 5.75 Å². The SMILES string of the molecule is CC(C)CC1COc2c(Cl)cccc2S(=O)(=O)N1Cc1cccc(Cl)c1. The Balaban J connectivity index is 2.08. The fraction of sp³-hybridized carbons (Fsp3) is 0.368. The highest BCUT2D eigenvalue weighted by atomic mass is 35.5. The molecule has 7 heteroatoms. The average Bonchev–Trinajstić information content (AvgIpc) is 2.65. The Morgan fingerprint density at radius 1 is 1.19 bits per heavy atom. The average molecular weight is 414 g/mol. The van der Waals surface area contributed by atoms with E-state index in [-0.39, 0.29) is 29.8 Å². The second-order valence-electron chi connectivity index (χ2n) is 6.84. The lowest BCUT2D eigenvalue weighted by molar-refractivity contribution is 0.187. The summed E-state index contributed by atoms with van der Waals surface area (Å²) in [4.78, 5) is 0.110. The number of fused-ring (bicyclic) bond motifs is 1. The Hall–Kier alpha value is -1.27. The molecule has 1 heterocycles. The summed E-state index contributed by atoms with van der Waals surface area (Å²) in [6.07, 6.45) is 0.686. The summed E-state index contributed by atoms with van der Waals surface area (Å²) in [7, 11) is -3.77. The first-order valence-electron chi connectivity index (χ1n) is 8.46. The Morgan fingerprint density at radius 3 is 2.62 bits per heavy atom. The summed E-state index contributed by atoms with van der Waals surface area (Å²) < 4.78 is 34.2. The number of sulfonamides is 1. The first-order chi connectivity index (χ1) is 12.3. The van der Waals surface area contributed by atoms with Crippen molar-refractivity contribution in [3.8, 4) is 5.75 Å². The molecule has 1 atom stereocenters. The summed E-state index contributed by atoms with van der Waals surface area (Å²) in [5.74, 6) is 0.550. The van der Waals surface area contributed by atoms with Crippen LogP contribution < -0.4 is 4.74 Å². The van der Waals surface area contributed by atoms with Crippen LogP contribution in [0.25, 0.3) is 0 Å². The highest BCUT2D eigenvalue weighted by Crippen LogP contribution is 2.38. The fourth-order valence-corrected chi connectivity index (χ4v) is 5.44. The molecule has 0 amide bonds. The van der Waals surface area contributed by atoms with E-state index in [2.05, 4.69) is 13.8 Å². The monoisotopic (exact) mass is 413 g/mol. The molecule has 0 radical (unpaired) electrons. The van der Waals surface area contributed by atoms with Crippen molar-refractivity contribution < 1.29 is 13.2 Å². The molecule has 2 aromatic rings. The van der Waals surface area contributed by atoms with E-state index in [1.165, 1.54) is 4.31 Å². The molecular formula is C19H21Cl2NO3S. The van der Waals surface area contributed by atoms with E-state index in [0.717, 1.165) is 5.56 Å². The second kappa shape index (κ2) is 7.77. The van der Waals surface area contributed by atoms with Crippen LogP contribution in [-0.2, 0) is 16.6 Å². The number of halogens is 2. The quantitative estimate of drug-likeness (QED) is 0.708. The molecule has 0 bridgehead atoms. The fourth-order valence-electron chi connectivity index (χ4n) is 3.18. The highest BCUT2D eigenvalue weighted by molar-refractivity contribution is 7.89. The van der Waals surface area contributed by atoms with Gasteiger partial charge in [0.1, 0.15) is 11.5 Å². The maximum atomic E-state index is 13.4. The molecule has 1 aliphatic rings. The van der Waals surface area contributed by atoms with E-state index < -0.39 is 10.0 Å². The van der Waals surface area contributed by atoms with Crippen molar-refractivity contribution in [2.45, 2.75) is 37.8 Å². The zero-order valence-corrected chi connectivity index (χ0v) is 17.0. The minimum atomic E-state index is -3.77. The first-order valence-corrected chi connectivity index (χ1v) is 10.7. The zero-order chi connectivity index (χ0) is 18.9. The van der Waals surface area contributed by atoms with Crippen LogP contribution in [0.15, 0.2) is 47.4 Å². The van der Waals surface area contributed by atoms with Crippen LogP contribution in [0.1, 0.15) is 25.8 Å². The van der Waals surface area contributed by atoms with Gasteiger partial charge in [-0.1, -0.05) is 55.2 Å². The number of hydrogen-bond donors (Lipinski definition) is 0. The molecule has 140 valence electrons. The van der Waals surface area contributed by atoms with E-state index in [9.17, 15) is 8.42 Å². The van der Waals surface area contributed by atoms with Crippen LogP contribution >= 0.6 is 23.2 Å². The third-order valence-electron chi connectivity index (χ3n) is 4.32. The third kappa shape index (κ3) is 4.01. The molecule has 0 spiro atoms. The van der Waals surface area contributed by atoms with E-state index >= 15 is 0 Å². The minimum Gasteiger partial charge on any atom is -0.489 e. The van der Waals surface area contributed by atoms with Gasteiger partial charge < -0.3 is 4.74 Å². The van der Waals surface area contributed by atoms with Gasteiger partial charge in [-0.2, -0.15) is 4.31 Å². The van der Waals surface area contributed by atoms with Crippen LogP contribution in [0.2, 0.25) is 10.0 Å². The molecule has 3 rings (SSSR count). The summed E-state index contributed by atoms with van der Waals surface area (Å²) in [5, 5.41) is 0.883. The maximum Gasteiger partial charge on any atom is 0.247 e. The lowest BCUT2D eigenvalue weighted by atomic mass is 10.0. The lowest BCUT2D eigenvalue weighted by Gasteiger charge is -2.29. The van der Waals surface area contributed by atoms with Gasteiger partial charge in [0.15, 0.2) is 5.75 Å². The van der Waals surface area contributed by atoms with Crippen molar-refractivity contribution in [2.75, 3.05) is 6.61 Å². The molecule has 4 nitrogen and oxygen atoms in total. The Morgan fingerprint density at radius 2 is 1.92 bits per heavy atom. The third-order valence-corrected chi connectivity index (χ3v) is 6.77. The molecule has 0 fully saturated rings.